The van der Waals surface area contributed by atoms with Gasteiger partial charge in [-0.3, -0.25) is 0 Å². The largest absolute Gasteiger partial charge is 0.437 e. The number of aryl methyl sites for hydroxylation is 1. The molecule has 4 rings (SSSR count). The van der Waals surface area contributed by atoms with Gasteiger partial charge in [-0.1, -0.05) is 41.9 Å². The van der Waals surface area contributed by atoms with Gasteiger partial charge in [-0.2, -0.15) is 5.10 Å². The highest BCUT2D eigenvalue weighted by molar-refractivity contribution is 6.32. The van der Waals surface area contributed by atoms with Crippen molar-refractivity contribution in [2.24, 2.45) is 5.92 Å². The molecule has 1 aliphatic carbocycles. The minimum absolute atomic E-state index is 0.0659. The maximum Gasteiger partial charge on any atom is 0.317 e. The highest BCUT2D eigenvalue weighted by Gasteiger charge is 2.30. The fourth-order valence-corrected chi connectivity index (χ4v) is 3.74. The summed E-state index contributed by atoms with van der Waals surface area (Å²) in [4.78, 5) is 14.8. The summed E-state index contributed by atoms with van der Waals surface area (Å²) in [6.45, 7) is 7.02. The number of urea groups is 1. The Bertz CT molecular complexity index is 1080. The molecular weight excluding hydrogens is 424 g/mol. The average Bonchev–Trinajstić information content (AvgIpc) is 3.54. The fraction of sp³-hybridized carbons (Fsp3) is 0.360. The first-order valence-electron chi connectivity index (χ1n) is 11.0. The molecule has 0 aliphatic heterocycles. The molecule has 6 nitrogen and oxygen atoms in total. The number of rotatable bonds is 8. The van der Waals surface area contributed by atoms with Crippen LogP contribution >= 0.6 is 11.6 Å². The van der Waals surface area contributed by atoms with E-state index in [1.807, 2.05) is 74.2 Å². The summed E-state index contributed by atoms with van der Waals surface area (Å²) in [6, 6.07) is 17.2. The Labute approximate surface area is 194 Å². The van der Waals surface area contributed by atoms with Gasteiger partial charge in [0.05, 0.1) is 28.5 Å². The molecule has 7 heteroatoms. The van der Waals surface area contributed by atoms with Gasteiger partial charge in [-0.25, -0.2) is 9.48 Å². The number of carbonyl (C=O) groups excluding carboxylic acids is 1. The standard InChI is InChI=1S/C25H29ClN4O2/c1-17(2)27-25(31)29(15-19-13-14-19)16-21-18(3)28-30(20-9-5-4-6-10-20)24(21)32-23-12-8-7-11-22(23)26/h4-12,17,19H,13-16H2,1-3H3,(H,27,31). The van der Waals surface area contributed by atoms with E-state index in [2.05, 4.69) is 5.32 Å². The monoisotopic (exact) mass is 452 g/mol. The Balaban J connectivity index is 1.73. The smallest absolute Gasteiger partial charge is 0.317 e. The van der Waals surface area contributed by atoms with Crippen LogP contribution in [0.4, 0.5) is 4.79 Å². The summed E-state index contributed by atoms with van der Waals surface area (Å²) in [7, 11) is 0. The van der Waals surface area contributed by atoms with Crippen molar-refractivity contribution in [3.8, 4) is 17.3 Å². The molecule has 3 aromatic rings. The average molecular weight is 453 g/mol. The molecule has 0 unspecified atom stereocenters. The summed E-state index contributed by atoms with van der Waals surface area (Å²) in [5, 5.41) is 8.31. The van der Waals surface area contributed by atoms with E-state index in [9.17, 15) is 4.79 Å². The number of nitrogens with zero attached hydrogens (tertiary/aromatic N) is 3. The molecule has 2 aromatic carbocycles. The quantitative estimate of drug-likeness (QED) is 0.459. The van der Waals surface area contributed by atoms with Crippen molar-refractivity contribution in [1.29, 1.82) is 0 Å². The molecule has 1 fully saturated rings. The van der Waals surface area contributed by atoms with Crippen molar-refractivity contribution >= 4 is 17.6 Å². The third kappa shape index (κ3) is 5.25. The lowest BCUT2D eigenvalue weighted by Gasteiger charge is -2.25. The lowest BCUT2D eigenvalue weighted by Crippen LogP contribution is -2.43. The van der Waals surface area contributed by atoms with Crippen LogP contribution in [0.5, 0.6) is 11.6 Å². The molecular formula is C25H29ClN4O2. The Morgan fingerprint density at radius 2 is 1.88 bits per heavy atom. The van der Waals surface area contributed by atoms with Crippen molar-refractivity contribution in [1.82, 2.24) is 20.0 Å². The van der Waals surface area contributed by atoms with Gasteiger partial charge in [0.25, 0.3) is 0 Å². The molecule has 1 heterocycles. The Kier molecular flexibility index (Phi) is 6.70. The molecule has 0 radical (unpaired) electrons. The van der Waals surface area contributed by atoms with Gasteiger partial charge in [0.1, 0.15) is 5.75 Å². The van der Waals surface area contributed by atoms with Crippen LogP contribution in [0.2, 0.25) is 5.02 Å². The van der Waals surface area contributed by atoms with Gasteiger partial charge in [0.15, 0.2) is 0 Å². The van der Waals surface area contributed by atoms with E-state index in [1.54, 1.807) is 10.7 Å². The number of nitrogens with one attached hydrogen (secondary N) is 1. The summed E-state index contributed by atoms with van der Waals surface area (Å²) >= 11 is 6.39. The molecule has 2 amide bonds. The second kappa shape index (κ2) is 9.65. The Hall–Kier alpha value is -2.99. The molecule has 1 saturated carbocycles. The van der Waals surface area contributed by atoms with E-state index in [0.717, 1.165) is 36.3 Å². The second-order valence-electron chi connectivity index (χ2n) is 8.58. The molecule has 1 aliphatic rings. The summed E-state index contributed by atoms with van der Waals surface area (Å²) in [5.74, 6) is 1.68. The van der Waals surface area contributed by atoms with Gasteiger partial charge in [0.2, 0.25) is 5.88 Å². The lowest BCUT2D eigenvalue weighted by molar-refractivity contribution is 0.189. The first kappa shape index (κ1) is 22.2. The maximum atomic E-state index is 13.0. The summed E-state index contributed by atoms with van der Waals surface area (Å²) in [6.07, 6.45) is 2.33. The minimum Gasteiger partial charge on any atom is -0.437 e. The molecule has 0 bridgehead atoms. The highest BCUT2D eigenvalue weighted by Crippen LogP contribution is 2.36. The van der Waals surface area contributed by atoms with Gasteiger partial charge >= 0.3 is 6.03 Å². The number of ether oxygens (including phenoxy) is 1. The van der Waals surface area contributed by atoms with Crippen LogP contribution in [0.25, 0.3) is 5.69 Å². The van der Waals surface area contributed by atoms with E-state index in [-0.39, 0.29) is 12.1 Å². The van der Waals surface area contributed by atoms with Crippen LogP contribution in [0.1, 0.15) is 37.9 Å². The summed E-state index contributed by atoms with van der Waals surface area (Å²) < 4.78 is 8.12. The molecule has 1 N–H and O–H groups in total. The van der Waals surface area contributed by atoms with E-state index in [0.29, 0.717) is 29.1 Å². The van der Waals surface area contributed by atoms with E-state index >= 15 is 0 Å². The number of hydrogen-bond donors (Lipinski definition) is 1. The molecule has 0 atom stereocenters. The number of aromatic nitrogens is 2. The van der Waals surface area contributed by atoms with Crippen LogP contribution < -0.4 is 10.1 Å². The van der Waals surface area contributed by atoms with E-state index in [4.69, 9.17) is 21.4 Å². The number of carbonyl (C=O) groups is 1. The van der Waals surface area contributed by atoms with Gasteiger partial charge in [-0.15, -0.1) is 0 Å². The van der Waals surface area contributed by atoms with Crippen molar-refractivity contribution < 1.29 is 9.53 Å². The predicted molar refractivity (Wildman–Crippen MR) is 127 cm³/mol. The van der Waals surface area contributed by atoms with Crippen LogP contribution in [-0.2, 0) is 6.54 Å². The van der Waals surface area contributed by atoms with Crippen molar-refractivity contribution in [2.75, 3.05) is 6.54 Å². The number of benzene rings is 2. The molecule has 0 saturated heterocycles. The van der Waals surface area contributed by atoms with Crippen LogP contribution in [0, 0.1) is 12.8 Å². The Morgan fingerprint density at radius 1 is 1.19 bits per heavy atom. The molecule has 1 aromatic heterocycles. The normalized spacial score (nSPS) is 13.3. The van der Waals surface area contributed by atoms with Crippen LogP contribution in [0.15, 0.2) is 54.6 Å². The van der Waals surface area contributed by atoms with Crippen molar-refractivity contribution in [3.63, 3.8) is 0 Å². The van der Waals surface area contributed by atoms with Crippen LogP contribution in [-0.4, -0.2) is 33.3 Å². The van der Waals surface area contributed by atoms with Crippen molar-refractivity contribution in [3.05, 3.63) is 70.9 Å². The zero-order chi connectivity index (χ0) is 22.7. The topological polar surface area (TPSA) is 59.4 Å². The summed E-state index contributed by atoms with van der Waals surface area (Å²) in [5.41, 5.74) is 2.56. The van der Waals surface area contributed by atoms with E-state index in [1.165, 1.54) is 0 Å². The number of para-hydroxylation sites is 2. The number of halogens is 1. The van der Waals surface area contributed by atoms with Crippen molar-refractivity contribution in [2.45, 2.75) is 46.2 Å². The SMILES string of the molecule is Cc1nn(-c2ccccc2)c(Oc2ccccc2Cl)c1CN(CC1CC1)C(=O)NC(C)C. The highest BCUT2D eigenvalue weighted by atomic mass is 35.5. The third-order valence-corrected chi connectivity index (χ3v) is 5.72. The third-order valence-electron chi connectivity index (χ3n) is 5.41. The predicted octanol–water partition coefficient (Wildman–Crippen LogP) is 5.96. The fourth-order valence-electron chi connectivity index (χ4n) is 3.56. The first-order valence-corrected chi connectivity index (χ1v) is 11.4. The first-order chi connectivity index (χ1) is 15.4. The van der Waals surface area contributed by atoms with E-state index < -0.39 is 0 Å². The maximum absolute atomic E-state index is 13.0. The minimum atomic E-state index is -0.0672. The van der Waals surface area contributed by atoms with Gasteiger partial charge in [-0.05, 0) is 63.8 Å². The zero-order valence-corrected chi connectivity index (χ0v) is 19.5. The molecule has 0 spiro atoms. The lowest BCUT2D eigenvalue weighted by atomic mass is 10.2. The molecule has 32 heavy (non-hydrogen) atoms. The second-order valence-corrected chi connectivity index (χ2v) is 8.98. The van der Waals surface area contributed by atoms with Gasteiger partial charge < -0.3 is 15.0 Å². The zero-order valence-electron chi connectivity index (χ0n) is 18.7. The number of amides is 2. The Morgan fingerprint density at radius 3 is 2.53 bits per heavy atom. The molecule has 168 valence electrons. The number of hydrogen-bond acceptors (Lipinski definition) is 3. The van der Waals surface area contributed by atoms with Gasteiger partial charge in [0, 0.05) is 12.6 Å². The van der Waals surface area contributed by atoms with Crippen LogP contribution in [0.3, 0.4) is 0 Å².